The van der Waals surface area contributed by atoms with Gasteiger partial charge in [0.25, 0.3) is 0 Å². The number of likely N-dealkylation sites (tertiary alicyclic amines) is 2. The monoisotopic (exact) mass is 343 g/mol. The molecule has 2 aliphatic heterocycles. The minimum Gasteiger partial charge on any atom is -0.472 e. The Morgan fingerprint density at radius 2 is 2.46 bits per heavy atom. The van der Waals surface area contributed by atoms with E-state index in [0.717, 1.165) is 43.2 Å². The highest BCUT2D eigenvalue weighted by molar-refractivity contribution is 7.09. The minimum atomic E-state index is -0.343. The summed E-state index contributed by atoms with van der Waals surface area (Å²) >= 11 is 1.66. The Balaban J connectivity index is 1.62. The predicted molar refractivity (Wildman–Crippen MR) is 92.7 cm³/mol. The summed E-state index contributed by atoms with van der Waals surface area (Å²) in [4.78, 5) is 22.0. The number of furan rings is 1. The van der Waals surface area contributed by atoms with Crippen molar-refractivity contribution in [3.8, 4) is 0 Å². The first kappa shape index (κ1) is 15.6. The van der Waals surface area contributed by atoms with Gasteiger partial charge < -0.3 is 9.32 Å². The number of hydrogen-bond acceptors (Lipinski definition) is 5. The molecule has 2 atom stereocenters. The molecule has 4 rings (SSSR count). The third kappa shape index (κ3) is 2.50. The first-order valence-corrected chi connectivity index (χ1v) is 9.14. The van der Waals surface area contributed by atoms with Gasteiger partial charge in [0.15, 0.2) is 0 Å². The summed E-state index contributed by atoms with van der Waals surface area (Å²) in [5.74, 6) is 0.434. The molecule has 0 bridgehead atoms. The van der Waals surface area contributed by atoms with E-state index in [1.165, 1.54) is 0 Å². The number of thiazole rings is 1. The highest BCUT2D eigenvalue weighted by Gasteiger charge is 2.57. The molecule has 24 heavy (non-hydrogen) atoms. The Bertz CT molecular complexity index is 713. The van der Waals surface area contributed by atoms with E-state index in [1.807, 2.05) is 28.6 Å². The molecule has 126 valence electrons. The van der Waals surface area contributed by atoms with Crippen LogP contribution in [-0.2, 0) is 11.3 Å². The van der Waals surface area contributed by atoms with Gasteiger partial charge in [-0.05, 0) is 12.5 Å². The van der Waals surface area contributed by atoms with Crippen LogP contribution in [0, 0.1) is 5.41 Å². The van der Waals surface area contributed by atoms with Gasteiger partial charge in [0, 0.05) is 55.8 Å². The maximum atomic E-state index is 13.2. The van der Waals surface area contributed by atoms with Crippen molar-refractivity contribution in [2.45, 2.75) is 18.9 Å². The standard InChI is InChI=1S/C18H21N3O2S/c1-2-6-21-7-4-18(17(21)22)13-20(10-14-3-8-23-12-14)11-15(18)16-19-5-9-24-16/h2-3,5,8-9,12,15H,1,4,6-7,10-11,13H2/t15-,18-/m1/s1. The topological polar surface area (TPSA) is 49.6 Å². The fraction of sp³-hybridized carbons (Fsp3) is 0.444. The fourth-order valence-electron chi connectivity index (χ4n) is 4.15. The summed E-state index contributed by atoms with van der Waals surface area (Å²) in [5, 5.41) is 3.08. The molecule has 0 unspecified atom stereocenters. The van der Waals surface area contributed by atoms with E-state index in [-0.39, 0.29) is 17.2 Å². The molecular weight excluding hydrogens is 322 g/mol. The van der Waals surface area contributed by atoms with Crippen LogP contribution in [0.5, 0.6) is 0 Å². The Labute approximate surface area is 145 Å². The van der Waals surface area contributed by atoms with Crippen molar-refractivity contribution in [3.05, 3.63) is 53.4 Å². The number of carbonyl (C=O) groups excluding carboxylic acids is 1. The number of rotatable bonds is 5. The minimum absolute atomic E-state index is 0.173. The van der Waals surface area contributed by atoms with E-state index >= 15 is 0 Å². The van der Waals surface area contributed by atoms with Crippen LogP contribution < -0.4 is 0 Å². The predicted octanol–water partition coefficient (Wildman–Crippen LogP) is 2.74. The van der Waals surface area contributed by atoms with Gasteiger partial charge >= 0.3 is 0 Å². The molecule has 2 aromatic rings. The number of amides is 1. The Morgan fingerprint density at radius 3 is 3.17 bits per heavy atom. The molecule has 0 saturated carbocycles. The lowest BCUT2D eigenvalue weighted by Gasteiger charge is -2.27. The van der Waals surface area contributed by atoms with Gasteiger partial charge in [0.2, 0.25) is 5.91 Å². The third-order valence-corrected chi connectivity index (χ3v) is 6.13. The van der Waals surface area contributed by atoms with Gasteiger partial charge in [-0.1, -0.05) is 6.08 Å². The molecule has 0 N–H and O–H groups in total. The van der Waals surface area contributed by atoms with Crippen LogP contribution in [0.15, 0.2) is 47.2 Å². The van der Waals surface area contributed by atoms with Gasteiger partial charge in [0.1, 0.15) is 0 Å². The normalized spacial score (nSPS) is 27.4. The van der Waals surface area contributed by atoms with Crippen LogP contribution in [-0.4, -0.2) is 46.9 Å². The lowest BCUT2D eigenvalue weighted by Crippen LogP contribution is -2.39. The van der Waals surface area contributed by atoms with Crippen molar-refractivity contribution < 1.29 is 9.21 Å². The Morgan fingerprint density at radius 1 is 1.54 bits per heavy atom. The average molecular weight is 343 g/mol. The van der Waals surface area contributed by atoms with Gasteiger partial charge in [-0.25, -0.2) is 4.98 Å². The molecule has 2 fully saturated rings. The van der Waals surface area contributed by atoms with Crippen molar-refractivity contribution in [1.29, 1.82) is 0 Å². The third-order valence-electron chi connectivity index (χ3n) is 5.24. The van der Waals surface area contributed by atoms with Gasteiger partial charge in [-0.15, -0.1) is 17.9 Å². The van der Waals surface area contributed by atoms with Crippen molar-refractivity contribution in [3.63, 3.8) is 0 Å². The van der Waals surface area contributed by atoms with Crippen LogP contribution >= 0.6 is 11.3 Å². The van der Waals surface area contributed by atoms with Crippen molar-refractivity contribution in [1.82, 2.24) is 14.8 Å². The van der Waals surface area contributed by atoms with Crippen LogP contribution in [0.4, 0.5) is 0 Å². The molecule has 2 aromatic heterocycles. The second-order valence-electron chi connectivity index (χ2n) is 6.67. The van der Waals surface area contributed by atoms with Gasteiger partial charge in [-0.3, -0.25) is 9.69 Å². The zero-order valence-corrected chi connectivity index (χ0v) is 14.4. The first-order chi connectivity index (χ1) is 11.7. The molecule has 4 heterocycles. The molecule has 2 saturated heterocycles. The molecule has 0 aromatic carbocycles. The Hall–Kier alpha value is -1.92. The maximum Gasteiger partial charge on any atom is 0.231 e. The van der Waals surface area contributed by atoms with Crippen molar-refractivity contribution >= 4 is 17.2 Å². The Kier molecular flexibility index (Phi) is 4.02. The summed E-state index contributed by atoms with van der Waals surface area (Å²) in [6.07, 6.45) is 8.03. The number of aromatic nitrogens is 1. The second kappa shape index (κ2) is 6.18. The highest BCUT2D eigenvalue weighted by atomic mass is 32.1. The quantitative estimate of drug-likeness (QED) is 0.783. The van der Waals surface area contributed by atoms with Crippen LogP contribution in [0.25, 0.3) is 0 Å². The summed E-state index contributed by atoms with van der Waals surface area (Å²) < 4.78 is 5.19. The van der Waals surface area contributed by atoms with E-state index in [9.17, 15) is 4.79 Å². The molecular formula is C18H21N3O2S. The summed E-state index contributed by atoms with van der Waals surface area (Å²) in [5.41, 5.74) is 0.809. The molecule has 6 heteroatoms. The van der Waals surface area contributed by atoms with E-state index in [2.05, 4.69) is 16.5 Å². The largest absolute Gasteiger partial charge is 0.472 e. The maximum absolute atomic E-state index is 13.2. The molecule has 1 amide bonds. The second-order valence-corrected chi connectivity index (χ2v) is 7.60. The zero-order valence-electron chi connectivity index (χ0n) is 13.6. The fourth-order valence-corrected chi connectivity index (χ4v) is 4.99. The van der Waals surface area contributed by atoms with E-state index in [1.54, 1.807) is 23.9 Å². The van der Waals surface area contributed by atoms with Crippen LogP contribution in [0.2, 0.25) is 0 Å². The molecule has 0 radical (unpaired) electrons. The van der Waals surface area contributed by atoms with Gasteiger partial charge in [-0.2, -0.15) is 0 Å². The summed E-state index contributed by atoms with van der Waals surface area (Å²) in [6, 6.07) is 1.99. The van der Waals surface area contributed by atoms with E-state index in [4.69, 9.17) is 4.42 Å². The SMILES string of the molecule is C=CCN1CC[C@]2(CN(Cc3ccoc3)C[C@@H]2c2nccs2)C1=O. The van der Waals surface area contributed by atoms with Crippen LogP contribution in [0.3, 0.4) is 0 Å². The number of hydrogen-bond donors (Lipinski definition) is 0. The van der Waals surface area contributed by atoms with Crippen molar-refractivity contribution in [2.24, 2.45) is 5.41 Å². The zero-order chi connectivity index (χ0) is 16.6. The molecule has 1 spiro atoms. The number of carbonyl (C=O) groups is 1. The molecule has 2 aliphatic rings. The van der Waals surface area contributed by atoms with E-state index in [0.29, 0.717) is 6.54 Å². The highest BCUT2D eigenvalue weighted by Crippen LogP contribution is 2.50. The molecule has 5 nitrogen and oxygen atoms in total. The average Bonchev–Trinajstić information content (AvgIpc) is 3.34. The van der Waals surface area contributed by atoms with Crippen molar-refractivity contribution in [2.75, 3.05) is 26.2 Å². The van der Waals surface area contributed by atoms with E-state index < -0.39 is 0 Å². The van der Waals surface area contributed by atoms with Gasteiger partial charge in [0.05, 0.1) is 22.9 Å². The molecule has 0 aliphatic carbocycles. The lowest BCUT2D eigenvalue weighted by molar-refractivity contribution is -0.135. The van der Waals surface area contributed by atoms with Crippen LogP contribution in [0.1, 0.15) is 22.9 Å². The lowest BCUT2D eigenvalue weighted by atomic mass is 9.77. The smallest absolute Gasteiger partial charge is 0.231 e. The number of nitrogens with zero attached hydrogens (tertiary/aromatic N) is 3. The first-order valence-electron chi connectivity index (χ1n) is 8.26. The summed E-state index contributed by atoms with van der Waals surface area (Å²) in [6.45, 7) is 7.69. The summed E-state index contributed by atoms with van der Waals surface area (Å²) in [7, 11) is 0.